The van der Waals surface area contributed by atoms with Crippen LogP contribution in [0.1, 0.15) is 19.4 Å². The van der Waals surface area contributed by atoms with Gasteiger partial charge in [-0.05, 0) is 30.5 Å². The van der Waals surface area contributed by atoms with Gasteiger partial charge in [0.25, 0.3) is 0 Å². The summed E-state index contributed by atoms with van der Waals surface area (Å²) < 4.78 is 0.879. The minimum absolute atomic E-state index is 0.187. The summed E-state index contributed by atoms with van der Waals surface area (Å²) in [6, 6.07) is 3.94. The number of urea groups is 1. The lowest BCUT2D eigenvalue weighted by atomic mass is 10.1. The first-order valence-corrected chi connectivity index (χ1v) is 6.67. The lowest BCUT2D eigenvalue weighted by molar-refractivity contribution is -0.140. The Balaban J connectivity index is 2.69. The smallest absolute Gasteiger partial charge is 0.326 e. The lowest BCUT2D eigenvalue weighted by Gasteiger charge is -2.18. The van der Waals surface area contributed by atoms with Crippen LogP contribution >= 0.6 is 15.9 Å². The van der Waals surface area contributed by atoms with E-state index >= 15 is 0 Å². The van der Waals surface area contributed by atoms with Crippen LogP contribution < -0.4 is 10.6 Å². The Kier molecular flexibility index (Phi) is 5.35. The lowest BCUT2D eigenvalue weighted by Crippen LogP contribution is -2.46. The van der Waals surface area contributed by atoms with E-state index in [9.17, 15) is 9.59 Å². The Morgan fingerprint density at radius 1 is 1.32 bits per heavy atom. The normalized spacial score (nSPS) is 12.1. The Morgan fingerprint density at radius 3 is 2.42 bits per heavy atom. The fraction of sp³-hybridized carbons (Fsp3) is 0.385. The highest BCUT2D eigenvalue weighted by Crippen LogP contribution is 2.20. The van der Waals surface area contributed by atoms with Crippen LogP contribution in [0.15, 0.2) is 22.7 Å². The average molecular weight is 329 g/mol. The number of nitrogens with one attached hydrogen (secondary N) is 2. The molecule has 5 nitrogen and oxygen atoms in total. The van der Waals surface area contributed by atoms with Gasteiger partial charge in [-0.3, -0.25) is 0 Å². The molecular formula is C13H17BrN2O3. The highest BCUT2D eigenvalue weighted by atomic mass is 79.9. The summed E-state index contributed by atoms with van der Waals surface area (Å²) in [6.07, 6.45) is 0. The molecule has 0 fully saturated rings. The molecule has 0 bridgehead atoms. The number of carboxylic acids is 1. The third-order valence-corrected chi connectivity index (χ3v) is 3.50. The zero-order valence-electron chi connectivity index (χ0n) is 11.0. The molecule has 1 unspecified atom stereocenters. The molecule has 1 rings (SSSR count). The van der Waals surface area contributed by atoms with Gasteiger partial charge < -0.3 is 15.7 Å². The van der Waals surface area contributed by atoms with Gasteiger partial charge >= 0.3 is 12.0 Å². The van der Waals surface area contributed by atoms with E-state index in [2.05, 4.69) is 26.6 Å². The number of anilines is 1. The summed E-state index contributed by atoms with van der Waals surface area (Å²) in [5, 5.41) is 14.0. The Morgan fingerprint density at radius 2 is 1.95 bits per heavy atom. The number of hydrogen-bond donors (Lipinski definition) is 3. The predicted octanol–water partition coefficient (Wildman–Crippen LogP) is 2.99. The SMILES string of the molecule is Cc1ccc(NC(=O)NC(C(=O)O)C(C)C)cc1Br. The van der Waals surface area contributed by atoms with Crippen molar-refractivity contribution in [2.45, 2.75) is 26.8 Å². The number of aliphatic carboxylic acids is 1. The number of amides is 2. The van der Waals surface area contributed by atoms with Gasteiger partial charge in [-0.15, -0.1) is 0 Å². The summed E-state index contributed by atoms with van der Waals surface area (Å²) in [5.74, 6) is -1.23. The van der Waals surface area contributed by atoms with E-state index in [1.54, 1.807) is 26.0 Å². The molecule has 0 aliphatic rings. The molecule has 0 radical (unpaired) electrons. The van der Waals surface area contributed by atoms with Gasteiger partial charge in [0.2, 0.25) is 0 Å². The largest absolute Gasteiger partial charge is 0.480 e. The van der Waals surface area contributed by atoms with E-state index in [1.165, 1.54) is 0 Å². The predicted molar refractivity (Wildman–Crippen MR) is 77.3 cm³/mol. The van der Waals surface area contributed by atoms with Gasteiger partial charge in [0, 0.05) is 10.2 Å². The highest BCUT2D eigenvalue weighted by Gasteiger charge is 2.23. The zero-order valence-corrected chi connectivity index (χ0v) is 12.6. The molecule has 19 heavy (non-hydrogen) atoms. The van der Waals surface area contributed by atoms with Crippen molar-refractivity contribution in [1.29, 1.82) is 0 Å². The molecule has 1 aromatic carbocycles. The Bertz CT molecular complexity index is 489. The molecule has 0 saturated carbocycles. The molecule has 0 aliphatic carbocycles. The topological polar surface area (TPSA) is 78.4 Å². The van der Waals surface area contributed by atoms with Crippen molar-refractivity contribution in [2.24, 2.45) is 5.92 Å². The van der Waals surface area contributed by atoms with Gasteiger partial charge in [-0.2, -0.15) is 0 Å². The van der Waals surface area contributed by atoms with Crippen molar-refractivity contribution in [3.05, 3.63) is 28.2 Å². The molecule has 1 atom stereocenters. The van der Waals surface area contributed by atoms with E-state index in [0.29, 0.717) is 5.69 Å². The Labute approximate surface area is 120 Å². The standard InChI is InChI=1S/C13H17BrN2O3/c1-7(2)11(12(17)18)16-13(19)15-9-5-4-8(3)10(14)6-9/h4-7,11H,1-3H3,(H,17,18)(H2,15,16,19). The molecule has 0 heterocycles. The van der Waals surface area contributed by atoms with Crippen LogP contribution in [0.2, 0.25) is 0 Å². The molecule has 0 aromatic heterocycles. The maximum absolute atomic E-state index is 11.7. The summed E-state index contributed by atoms with van der Waals surface area (Å²) >= 11 is 3.37. The van der Waals surface area contributed by atoms with E-state index in [4.69, 9.17) is 5.11 Å². The number of carboxylic acid groups (broad SMARTS) is 1. The van der Waals surface area contributed by atoms with Crippen LogP contribution in [0, 0.1) is 12.8 Å². The minimum atomic E-state index is -1.05. The van der Waals surface area contributed by atoms with Gasteiger partial charge in [0.15, 0.2) is 0 Å². The summed E-state index contributed by atoms with van der Waals surface area (Å²) in [7, 11) is 0. The highest BCUT2D eigenvalue weighted by molar-refractivity contribution is 9.10. The first-order chi connectivity index (χ1) is 8.81. The molecule has 1 aromatic rings. The van der Waals surface area contributed by atoms with Gasteiger partial charge in [-0.25, -0.2) is 9.59 Å². The summed E-state index contributed by atoms with van der Waals surface area (Å²) in [6.45, 7) is 5.41. The third kappa shape index (κ3) is 4.55. The fourth-order valence-electron chi connectivity index (χ4n) is 1.49. The number of carbonyl (C=O) groups excluding carboxylic acids is 1. The number of aryl methyl sites for hydroxylation is 1. The summed E-state index contributed by atoms with van der Waals surface area (Å²) in [5.41, 5.74) is 1.65. The second kappa shape index (κ2) is 6.56. The van der Waals surface area contributed by atoms with Gasteiger partial charge in [0.05, 0.1) is 0 Å². The van der Waals surface area contributed by atoms with Crippen molar-refractivity contribution in [1.82, 2.24) is 5.32 Å². The Hall–Kier alpha value is -1.56. The maximum atomic E-state index is 11.7. The fourth-order valence-corrected chi connectivity index (χ4v) is 1.87. The van der Waals surface area contributed by atoms with Gasteiger partial charge in [-0.1, -0.05) is 35.8 Å². The van der Waals surface area contributed by atoms with Crippen LogP contribution in [-0.4, -0.2) is 23.1 Å². The van der Waals surface area contributed by atoms with Crippen molar-refractivity contribution >= 4 is 33.6 Å². The first-order valence-electron chi connectivity index (χ1n) is 5.87. The van der Waals surface area contributed by atoms with Crippen molar-refractivity contribution < 1.29 is 14.7 Å². The number of benzene rings is 1. The third-order valence-electron chi connectivity index (χ3n) is 2.65. The van der Waals surface area contributed by atoms with E-state index in [0.717, 1.165) is 10.0 Å². The maximum Gasteiger partial charge on any atom is 0.326 e. The quantitative estimate of drug-likeness (QED) is 0.795. The molecule has 6 heteroatoms. The van der Waals surface area contributed by atoms with Gasteiger partial charge in [0.1, 0.15) is 6.04 Å². The van der Waals surface area contributed by atoms with Crippen LogP contribution in [0.4, 0.5) is 10.5 Å². The number of halogens is 1. The van der Waals surface area contributed by atoms with Crippen LogP contribution in [-0.2, 0) is 4.79 Å². The molecule has 104 valence electrons. The first kappa shape index (κ1) is 15.5. The van der Waals surface area contributed by atoms with E-state index in [1.807, 2.05) is 13.0 Å². The molecular weight excluding hydrogens is 312 g/mol. The second-order valence-corrected chi connectivity index (χ2v) is 5.48. The number of hydrogen-bond acceptors (Lipinski definition) is 2. The molecule has 0 saturated heterocycles. The number of carbonyl (C=O) groups is 2. The zero-order chi connectivity index (χ0) is 14.6. The van der Waals surface area contributed by atoms with Crippen LogP contribution in [0.3, 0.4) is 0 Å². The summed E-state index contributed by atoms with van der Waals surface area (Å²) in [4.78, 5) is 22.7. The van der Waals surface area contributed by atoms with Crippen LogP contribution in [0.25, 0.3) is 0 Å². The molecule has 0 spiro atoms. The number of rotatable bonds is 4. The molecule has 2 amide bonds. The molecule has 0 aliphatic heterocycles. The van der Waals surface area contributed by atoms with E-state index < -0.39 is 18.0 Å². The van der Waals surface area contributed by atoms with Crippen molar-refractivity contribution in [2.75, 3.05) is 5.32 Å². The molecule has 3 N–H and O–H groups in total. The van der Waals surface area contributed by atoms with Crippen molar-refractivity contribution in [3.63, 3.8) is 0 Å². The van der Waals surface area contributed by atoms with Crippen LogP contribution in [0.5, 0.6) is 0 Å². The minimum Gasteiger partial charge on any atom is -0.480 e. The van der Waals surface area contributed by atoms with Crippen molar-refractivity contribution in [3.8, 4) is 0 Å². The second-order valence-electron chi connectivity index (χ2n) is 4.62. The average Bonchev–Trinajstić information content (AvgIpc) is 2.30. The van der Waals surface area contributed by atoms with E-state index in [-0.39, 0.29) is 5.92 Å². The monoisotopic (exact) mass is 328 g/mol.